The Labute approximate surface area is 149 Å². The van der Waals surface area contributed by atoms with Crippen LogP contribution in [0, 0.1) is 6.92 Å². The van der Waals surface area contributed by atoms with E-state index in [0.717, 1.165) is 12.8 Å². The van der Waals surface area contributed by atoms with Crippen LogP contribution in [-0.4, -0.2) is 20.4 Å². The summed E-state index contributed by atoms with van der Waals surface area (Å²) in [6.45, 7) is 5.64. The molecule has 1 atom stereocenters. The highest BCUT2D eigenvalue weighted by atomic mass is 32.2. The first-order valence-corrected chi connectivity index (χ1v) is 9.81. The van der Waals surface area contributed by atoms with Crippen molar-refractivity contribution in [1.29, 1.82) is 0 Å². The fourth-order valence-electron chi connectivity index (χ4n) is 2.55. The van der Waals surface area contributed by atoms with Crippen molar-refractivity contribution >= 4 is 21.6 Å². The minimum Gasteiger partial charge on any atom is -0.322 e. The first-order valence-electron chi connectivity index (χ1n) is 8.33. The molecular formula is C19H24N2O3S. The molecule has 0 aliphatic heterocycles. The number of nitrogens with one attached hydrogen (secondary N) is 2. The second-order valence-electron chi connectivity index (χ2n) is 6.11. The Morgan fingerprint density at radius 3 is 2.40 bits per heavy atom. The van der Waals surface area contributed by atoms with Crippen molar-refractivity contribution in [2.45, 2.75) is 44.6 Å². The minimum atomic E-state index is -3.56. The summed E-state index contributed by atoms with van der Waals surface area (Å²) in [5, 5.41) is 2.81. The molecule has 0 heterocycles. The molecule has 5 nitrogen and oxygen atoms in total. The Morgan fingerprint density at radius 1 is 1.12 bits per heavy atom. The molecule has 0 aliphatic rings. The molecule has 2 rings (SSSR count). The van der Waals surface area contributed by atoms with Gasteiger partial charge in [-0.1, -0.05) is 31.5 Å². The van der Waals surface area contributed by atoms with Crippen LogP contribution in [0.5, 0.6) is 0 Å². The van der Waals surface area contributed by atoms with Gasteiger partial charge in [-0.2, -0.15) is 0 Å². The Balaban J connectivity index is 2.16. The van der Waals surface area contributed by atoms with E-state index in [1.807, 2.05) is 19.9 Å². The number of rotatable bonds is 7. The maximum atomic E-state index is 12.4. The zero-order valence-corrected chi connectivity index (χ0v) is 15.6. The molecule has 1 amide bonds. The van der Waals surface area contributed by atoms with E-state index in [0.29, 0.717) is 16.8 Å². The van der Waals surface area contributed by atoms with E-state index in [1.54, 1.807) is 43.3 Å². The molecule has 0 radical (unpaired) electrons. The van der Waals surface area contributed by atoms with Gasteiger partial charge in [0, 0.05) is 17.3 Å². The number of benzene rings is 2. The predicted molar refractivity (Wildman–Crippen MR) is 100 cm³/mol. The van der Waals surface area contributed by atoms with Crippen LogP contribution in [0.2, 0.25) is 0 Å². The fourth-order valence-corrected chi connectivity index (χ4v) is 3.92. The van der Waals surface area contributed by atoms with E-state index in [4.69, 9.17) is 0 Å². The quantitative estimate of drug-likeness (QED) is 0.790. The third-order valence-electron chi connectivity index (χ3n) is 3.87. The lowest BCUT2D eigenvalue weighted by atomic mass is 10.1. The van der Waals surface area contributed by atoms with E-state index in [-0.39, 0.29) is 16.8 Å². The number of anilines is 1. The predicted octanol–water partition coefficient (Wildman–Crippen LogP) is 3.71. The molecule has 25 heavy (non-hydrogen) atoms. The number of carbonyl (C=O) groups is 1. The van der Waals surface area contributed by atoms with Crippen molar-refractivity contribution in [1.82, 2.24) is 4.72 Å². The first kappa shape index (κ1) is 19.1. The van der Waals surface area contributed by atoms with Crippen LogP contribution in [0.3, 0.4) is 0 Å². The molecule has 0 spiro atoms. The lowest BCUT2D eigenvalue weighted by molar-refractivity contribution is 0.102. The molecule has 6 heteroatoms. The number of sulfonamides is 1. The molecule has 134 valence electrons. The van der Waals surface area contributed by atoms with Crippen molar-refractivity contribution in [3.8, 4) is 0 Å². The summed E-state index contributed by atoms with van der Waals surface area (Å²) in [5.74, 6) is -0.228. The standard InChI is InChI=1S/C19H24N2O3S/c1-4-8-15(3)21-25(23,24)17-11-12-18(14(2)13-17)20-19(22)16-9-6-5-7-10-16/h5-7,9-13,15,21H,4,8H2,1-3H3,(H,20,22)/t15-/m1/s1. The molecular weight excluding hydrogens is 336 g/mol. The topological polar surface area (TPSA) is 75.3 Å². The van der Waals surface area contributed by atoms with Gasteiger partial charge in [0.25, 0.3) is 5.91 Å². The third kappa shape index (κ3) is 5.14. The number of carbonyl (C=O) groups excluding carboxylic acids is 1. The first-order chi connectivity index (χ1) is 11.8. The van der Waals surface area contributed by atoms with Gasteiger partial charge in [-0.15, -0.1) is 0 Å². The van der Waals surface area contributed by atoms with E-state index in [9.17, 15) is 13.2 Å². The monoisotopic (exact) mass is 360 g/mol. The average Bonchev–Trinajstić information content (AvgIpc) is 2.57. The van der Waals surface area contributed by atoms with Crippen molar-refractivity contribution in [2.24, 2.45) is 0 Å². The van der Waals surface area contributed by atoms with Gasteiger partial charge in [0.2, 0.25) is 10.0 Å². The molecule has 2 aromatic rings. The van der Waals surface area contributed by atoms with Crippen molar-refractivity contribution < 1.29 is 13.2 Å². The van der Waals surface area contributed by atoms with Crippen molar-refractivity contribution in [3.05, 3.63) is 59.7 Å². The lowest BCUT2D eigenvalue weighted by Crippen LogP contribution is -2.32. The Bertz CT molecular complexity index is 833. The van der Waals surface area contributed by atoms with Gasteiger partial charge in [0.1, 0.15) is 0 Å². The van der Waals surface area contributed by atoms with Crippen LogP contribution in [0.4, 0.5) is 5.69 Å². The molecule has 2 N–H and O–H groups in total. The zero-order valence-electron chi connectivity index (χ0n) is 14.7. The van der Waals surface area contributed by atoms with E-state index >= 15 is 0 Å². The Morgan fingerprint density at radius 2 is 1.80 bits per heavy atom. The number of aryl methyl sites for hydroxylation is 1. The minimum absolute atomic E-state index is 0.118. The normalized spacial score (nSPS) is 12.6. The van der Waals surface area contributed by atoms with Gasteiger partial charge < -0.3 is 5.32 Å². The second-order valence-corrected chi connectivity index (χ2v) is 7.82. The number of amides is 1. The largest absolute Gasteiger partial charge is 0.322 e. The van der Waals surface area contributed by atoms with Crippen LogP contribution < -0.4 is 10.0 Å². The number of hydrogen-bond donors (Lipinski definition) is 2. The Kier molecular flexibility index (Phi) is 6.33. The van der Waals surface area contributed by atoms with E-state index in [1.165, 1.54) is 6.07 Å². The van der Waals surface area contributed by atoms with Gasteiger partial charge in [-0.05, 0) is 56.2 Å². The summed E-state index contributed by atoms with van der Waals surface area (Å²) in [4.78, 5) is 12.4. The highest BCUT2D eigenvalue weighted by Crippen LogP contribution is 2.21. The maximum absolute atomic E-state index is 12.4. The molecule has 0 fully saturated rings. The van der Waals surface area contributed by atoms with E-state index in [2.05, 4.69) is 10.0 Å². The highest BCUT2D eigenvalue weighted by molar-refractivity contribution is 7.89. The molecule has 2 aromatic carbocycles. The van der Waals surface area contributed by atoms with Gasteiger partial charge in [-0.25, -0.2) is 13.1 Å². The molecule has 0 aromatic heterocycles. The third-order valence-corrected chi connectivity index (χ3v) is 5.46. The van der Waals surface area contributed by atoms with Gasteiger partial charge in [-0.3, -0.25) is 4.79 Å². The lowest BCUT2D eigenvalue weighted by Gasteiger charge is -2.15. The summed E-state index contributed by atoms with van der Waals surface area (Å²) in [5.41, 5.74) is 1.83. The van der Waals surface area contributed by atoms with Crippen LogP contribution in [-0.2, 0) is 10.0 Å². The molecule has 0 unspecified atom stereocenters. The Hall–Kier alpha value is -2.18. The molecule has 0 saturated carbocycles. The summed E-state index contributed by atoms with van der Waals surface area (Å²) < 4.78 is 27.5. The molecule has 0 aliphatic carbocycles. The van der Waals surface area contributed by atoms with Gasteiger partial charge in [0.15, 0.2) is 0 Å². The van der Waals surface area contributed by atoms with Crippen LogP contribution in [0.15, 0.2) is 53.4 Å². The molecule has 0 saturated heterocycles. The summed E-state index contributed by atoms with van der Waals surface area (Å²) in [6.07, 6.45) is 1.69. The van der Waals surface area contributed by atoms with Crippen LogP contribution in [0.1, 0.15) is 42.6 Å². The van der Waals surface area contributed by atoms with Crippen molar-refractivity contribution in [3.63, 3.8) is 0 Å². The van der Waals surface area contributed by atoms with Crippen LogP contribution >= 0.6 is 0 Å². The molecule has 0 bridgehead atoms. The SMILES string of the molecule is CCC[C@@H](C)NS(=O)(=O)c1ccc(NC(=O)c2ccccc2)c(C)c1. The van der Waals surface area contributed by atoms with Gasteiger partial charge >= 0.3 is 0 Å². The van der Waals surface area contributed by atoms with Gasteiger partial charge in [0.05, 0.1) is 4.90 Å². The van der Waals surface area contributed by atoms with E-state index < -0.39 is 10.0 Å². The van der Waals surface area contributed by atoms with Crippen molar-refractivity contribution in [2.75, 3.05) is 5.32 Å². The maximum Gasteiger partial charge on any atom is 0.255 e. The second kappa shape index (κ2) is 8.27. The van der Waals surface area contributed by atoms with Crippen LogP contribution in [0.25, 0.3) is 0 Å². The number of hydrogen-bond acceptors (Lipinski definition) is 3. The summed E-state index contributed by atoms with van der Waals surface area (Å²) in [6, 6.07) is 13.5. The summed E-state index contributed by atoms with van der Waals surface area (Å²) in [7, 11) is -3.56. The highest BCUT2D eigenvalue weighted by Gasteiger charge is 2.18. The summed E-state index contributed by atoms with van der Waals surface area (Å²) >= 11 is 0. The fraction of sp³-hybridized carbons (Fsp3) is 0.316. The average molecular weight is 360 g/mol. The zero-order chi connectivity index (χ0) is 18.4. The smallest absolute Gasteiger partial charge is 0.255 e.